The molecule has 9 nitrogen and oxygen atoms in total. The number of anilines is 1. The molecule has 1 amide bonds. The van der Waals surface area contributed by atoms with E-state index in [2.05, 4.69) is 0 Å². The van der Waals surface area contributed by atoms with Gasteiger partial charge in [-0.05, 0) is 30.3 Å². The smallest absolute Gasteiger partial charge is 0.344 e. The Labute approximate surface area is 171 Å². The molecule has 30 heavy (non-hydrogen) atoms. The second-order valence-corrected chi connectivity index (χ2v) is 6.52. The van der Waals surface area contributed by atoms with E-state index in [-0.39, 0.29) is 23.2 Å². The van der Waals surface area contributed by atoms with Gasteiger partial charge in [-0.1, -0.05) is 12.1 Å². The number of hydrogen-bond donors (Lipinski definition) is 0. The molecule has 0 bridgehead atoms. The van der Waals surface area contributed by atoms with Gasteiger partial charge in [-0.15, -0.1) is 0 Å². The maximum atomic E-state index is 13.0. The van der Waals surface area contributed by atoms with Crippen LogP contribution in [0.15, 0.2) is 48.5 Å². The first-order valence-corrected chi connectivity index (χ1v) is 9.24. The van der Waals surface area contributed by atoms with E-state index in [1.54, 1.807) is 23.1 Å². The fraction of sp³-hybridized carbons (Fsp3) is 0.300. The van der Waals surface area contributed by atoms with Gasteiger partial charge in [0.1, 0.15) is 5.82 Å². The fourth-order valence-corrected chi connectivity index (χ4v) is 3.01. The van der Waals surface area contributed by atoms with Crippen LogP contribution in [0.3, 0.4) is 0 Å². The first kappa shape index (κ1) is 21.0. The van der Waals surface area contributed by atoms with Gasteiger partial charge >= 0.3 is 11.7 Å². The number of nitrogens with zero attached hydrogens (tertiary/aromatic N) is 3. The van der Waals surface area contributed by atoms with Crippen LogP contribution in [0.25, 0.3) is 0 Å². The summed E-state index contributed by atoms with van der Waals surface area (Å²) in [5, 5.41) is 10.9. The van der Waals surface area contributed by atoms with Gasteiger partial charge in [0.25, 0.3) is 5.91 Å². The minimum absolute atomic E-state index is 0.0531. The Morgan fingerprint density at radius 2 is 1.67 bits per heavy atom. The van der Waals surface area contributed by atoms with E-state index >= 15 is 0 Å². The predicted molar refractivity (Wildman–Crippen MR) is 105 cm³/mol. The van der Waals surface area contributed by atoms with Gasteiger partial charge in [0, 0.05) is 37.9 Å². The molecule has 2 aromatic carbocycles. The molecular weight excluding hydrogens is 397 g/mol. The molecule has 1 aliphatic heterocycles. The van der Waals surface area contributed by atoms with Crippen molar-refractivity contribution in [1.82, 2.24) is 4.90 Å². The Balaban J connectivity index is 1.41. The molecule has 3 rings (SSSR count). The minimum atomic E-state index is -0.800. The molecule has 0 unspecified atom stereocenters. The van der Waals surface area contributed by atoms with E-state index in [1.165, 1.54) is 30.3 Å². The number of nitro groups is 1. The van der Waals surface area contributed by atoms with Crippen molar-refractivity contribution in [2.75, 3.05) is 44.3 Å². The van der Waals surface area contributed by atoms with Gasteiger partial charge in [-0.2, -0.15) is 0 Å². The lowest BCUT2D eigenvalue weighted by molar-refractivity contribution is -0.385. The van der Waals surface area contributed by atoms with Crippen LogP contribution in [0.2, 0.25) is 0 Å². The van der Waals surface area contributed by atoms with Crippen LogP contribution in [-0.4, -0.2) is 61.1 Å². The van der Waals surface area contributed by atoms with Gasteiger partial charge < -0.3 is 19.3 Å². The molecule has 0 N–H and O–H groups in total. The fourth-order valence-electron chi connectivity index (χ4n) is 3.01. The summed E-state index contributed by atoms with van der Waals surface area (Å²) < 4.78 is 23.1. The van der Waals surface area contributed by atoms with Gasteiger partial charge in [0.15, 0.2) is 19.0 Å². The van der Waals surface area contributed by atoms with E-state index in [0.29, 0.717) is 26.2 Å². The van der Waals surface area contributed by atoms with E-state index in [0.717, 1.165) is 5.69 Å². The number of amides is 1. The number of halogens is 1. The Hall–Kier alpha value is -3.69. The van der Waals surface area contributed by atoms with Crippen molar-refractivity contribution in [3.63, 3.8) is 0 Å². The number of nitro benzene ring substituents is 1. The van der Waals surface area contributed by atoms with Gasteiger partial charge in [0.05, 0.1) is 4.92 Å². The highest BCUT2D eigenvalue weighted by atomic mass is 19.1. The molecule has 0 atom stereocenters. The normalized spacial score (nSPS) is 13.6. The molecule has 0 aliphatic carbocycles. The SMILES string of the molecule is O=C(COc1ccccc1[N+](=O)[O-])OCC(=O)N1CCN(c2ccc(F)cc2)CC1. The lowest BCUT2D eigenvalue weighted by atomic mass is 10.2. The zero-order chi connectivity index (χ0) is 21.5. The molecule has 1 saturated heterocycles. The summed E-state index contributed by atoms with van der Waals surface area (Å²) in [6.45, 7) is 1.06. The van der Waals surface area contributed by atoms with Crippen LogP contribution in [-0.2, 0) is 14.3 Å². The number of para-hydroxylation sites is 2. The predicted octanol–water partition coefficient (Wildman–Crippen LogP) is 2.00. The highest BCUT2D eigenvalue weighted by Crippen LogP contribution is 2.25. The van der Waals surface area contributed by atoms with Gasteiger partial charge in [-0.25, -0.2) is 9.18 Å². The number of esters is 1. The Morgan fingerprint density at radius 3 is 2.33 bits per heavy atom. The maximum Gasteiger partial charge on any atom is 0.344 e. The monoisotopic (exact) mass is 417 g/mol. The second-order valence-electron chi connectivity index (χ2n) is 6.52. The van der Waals surface area contributed by atoms with Crippen LogP contribution in [0.5, 0.6) is 5.75 Å². The summed E-state index contributed by atoms with van der Waals surface area (Å²) in [4.78, 5) is 38.0. The third-order valence-electron chi connectivity index (χ3n) is 4.59. The standard InChI is InChI=1S/C20H20FN3O6/c21-15-5-7-16(8-6-15)22-9-11-23(12-10-22)19(25)13-30-20(26)14-29-18-4-2-1-3-17(18)24(27)28/h1-8H,9-14H2. The second kappa shape index (κ2) is 9.68. The van der Waals surface area contributed by atoms with Gasteiger partial charge in [-0.3, -0.25) is 14.9 Å². The van der Waals surface area contributed by atoms with E-state index in [1.807, 2.05) is 4.90 Å². The zero-order valence-electron chi connectivity index (χ0n) is 16.0. The average Bonchev–Trinajstić information content (AvgIpc) is 2.76. The maximum absolute atomic E-state index is 13.0. The molecule has 1 fully saturated rings. The molecule has 0 saturated carbocycles. The summed E-state index contributed by atoms with van der Waals surface area (Å²) in [5.41, 5.74) is 0.613. The zero-order valence-corrected chi connectivity index (χ0v) is 16.0. The highest BCUT2D eigenvalue weighted by molar-refractivity contribution is 5.81. The lowest BCUT2D eigenvalue weighted by Gasteiger charge is -2.36. The molecule has 1 aliphatic rings. The van der Waals surface area contributed by atoms with Crippen molar-refractivity contribution in [2.45, 2.75) is 0 Å². The molecular formula is C20H20FN3O6. The van der Waals surface area contributed by atoms with E-state index < -0.39 is 24.1 Å². The molecule has 2 aromatic rings. The first-order valence-electron chi connectivity index (χ1n) is 9.24. The number of hydrogen-bond acceptors (Lipinski definition) is 7. The lowest BCUT2D eigenvalue weighted by Crippen LogP contribution is -2.50. The van der Waals surface area contributed by atoms with Crippen LogP contribution in [0.4, 0.5) is 15.8 Å². The first-order chi connectivity index (χ1) is 14.4. The van der Waals surface area contributed by atoms with Crippen molar-refractivity contribution >= 4 is 23.3 Å². The van der Waals surface area contributed by atoms with Crippen LogP contribution >= 0.6 is 0 Å². The third kappa shape index (κ3) is 5.43. The van der Waals surface area contributed by atoms with Crippen LogP contribution in [0.1, 0.15) is 0 Å². The topological polar surface area (TPSA) is 102 Å². The summed E-state index contributed by atoms with van der Waals surface area (Å²) in [7, 11) is 0. The average molecular weight is 417 g/mol. The third-order valence-corrected chi connectivity index (χ3v) is 4.59. The number of rotatable bonds is 7. The minimum Gasteiger partial charge on any atom is -0.475 e. The van der Waals surface area contributed by atoms with Crippen LogP contribution < -0.4 is 9.64 Å². The molecule has 0 aromatic heterocycles. The summed E-state index contributed by atoms with van der Waals surface area (Å²) in [6, 6.07) is 11.8. The molecule has 158 valence electrons. The van der Waals surface area contributed by atoms with E-state index in [4.69, 9.17) is 9.47 Å². The largest absolute Gasteiger partial charge is 0.475 e. The summed E-state index contributed by atoms with van der Waals surface area (Å²) in [5.74, 6) is -1.50. The molecule has 1 heterocycles. The molecule has 0 radical (unpaired) electrons. The van der Waals surface area contributed by atoms with E-state index in [9.17, 15) is 24.1 Å². The van der Waals surface area contributed by atoms with Crippen molar-refractivity contribution in [3.05, 3.63) is 64.5 Å². The number of benzene rings is 2. The molecule has 0 spiro atoms. The number of carbonyl (C=O) groups is 2. The van der Waals surface area contributed by atoms with Crippen molar-refractivity contribution in [3.8, 4) is 5.75 Å². The Kier molecular flexibility index (Phi) is 6.79. The highest BCUT2D eigenvalue weighted by Gasteiger charge is 2.22. The summed E-state index contributed by atoms with van der Waals surface area (Å²) in [6.07, 6.45) is 0. The Morgan fingerprint density at radius 1 is 1.00 bits per heavy atom. The number of piperazine rings is 1. The van der Waals surface area contributed by atoms with Crippen molar-refractivity contribution in [1.29, 1.82) is 0 Å². The number of ether oxygens (including phenoxy) is 2. The number of carbonyl (C=O) groups excluding carboxylic acids is 2. The van der Waals surface area contributed by atoms with Crippen LogP contribution in [0, 0.1) is 15.9 Å². The Bertz CT molecular complexity index is 913. The molecule has 10 heteroatoms. The van der Waals surface area contributed by atoms with Crippen molar-refractivity contribution < 1.29 is 28.4 Å². The van der Waals surface area contributed by atoms with Crippen molar-refractivity contribution in [2.24, 2.45) is 0 Å². The quantitative estimate of drug-likeness (QED) is 0.386. The summed E-state index contributed by atoms with van der Waals surface area (Å²) >= 11 is 0. The van der Waals surface area contributed by atoms with Gasteiger partial charge in [0.2, 0.25) is 0 Å².